The van der Waals surface area contributed by atoms with Crippen LogP contribution in [0.3, 0.4) is 0 Å². The second kappa shape index (κ2) is 4.42. The van der Waals surface area contributed by atoms with Crippen LogP contribution >= 0.6 is 35.0 Å². The van der Waals surface area contributed by atoms with E-state index in [9.17, 15) is 5.11 Å². The first-order valence-corrected chi connectivity index (χ1v) is 6.89. The largest absolute Gasteiger partial charge is 0.387 e. The Balaban J connectivity index is 2.01. The topological polar surface area (TPSA) is 50.9 Å². The normalized spacial score (nSPS) is 22.2. The Morgan fingerprint density at radius 1 is 1.33 bits per heavy atom. The summed E-state index contributed by atoms with van der Waals surface area (Å²) < 4.78 is 1.62. The van der Waals surface area contributed by atoms with E-state index in [1.165, 1.54) is 11.8 Å². The van der Waals surface area contributed by atoms with Crippen LogP contribution in [0.2, 0.25) is 10.0 Å². The van der Waals surface area contributed by atoms with Crippen molar-refractivity contribution in [3.05, 3.63) is 39.9 Å². The number of thioether (sulfide) groups is 1. The van der Waals surface area contributed by atoms with Gasteiger partial charge in [-0.25, -0.2) is 4.98 Å². The van der Waals surface area contributed by atoms with Crippen molar-refractivity contribution >= 4 is 35.0 Å². The summed E-state index contributed by atoms with van der Waals surface area (Å²) in [6.45, 7) is 0. The molecule has 4 nitrogen and oxygen atoms in total. The molecule has 1 aromatic carbocycles. The lowest BCUT2D eigenvalue weighted by molar-refractivity contribution is 0.174. The standard InChI is InChI=1S/C11H9Cl2N3OS/c1-16-4-14-11(15-16)10-9(17)5-2-6(12)7(13)3-8(5)18-10/h2-4,9-10,17H,1H3/t9-,10+/m0/s1. The lowest BCUT2D eigenvalue weighted by Crippen LogP contribution is -2.04. The highest BCUT2D eigenvalue weighted by Gasteiger charge is 2.36. The van der Waals surface area contributed by atoms with E-state index in [1.807, 2.05) is 0 Å². The zero-order valence-electron chi connectivity index (χ0n) is 9.34. The molecular formula is C11H9Cl2N3OS. The molecule has 0 spiro atoms. The summed E-state index contributed by atoms with van der Waals surface area (Å²) in [6.07, 6.45) is 0.952. The van der Waals surface area contributed by atoms with Crippen LogP contribution in [-0.4, -0.2) is 19.9 Å². The van der Waals surface area contributed by atoms with Gasteiger partial charge in [-0.2, -0.15) is 5.10 Å². The molecule has 7 heteroatoms. The number of fused-ring (bicyclic) bond motifs is 1. The Morgan fingerprint density at radius 3 is 2.72 bits per heavy atom. The van der Waals surface area contributed by atoms with Crippen LogP contribution in [0.4, 0.5) is 0 Å². The second-order valence-corrected chi connectivity index (χ2v) is 6.06. The number of rotatable bonds is 1. The number of aromatic nitrogens is 3. The minimum Gasteiger partial charge on any atom is -0.387 e. The van der Waals surface area contributed by atoms with Crippen LogP contribution in [0.15, 0.2) is 23.4 Å². The van der Waals surface area contributed by atoms with E-state index in [4.69, 9.17) is 23.2 Å². The van der Waals surface area contributed by atoms with Gasteiger partial charge in [0.15, 0.2) is 5.82 Å². The van der Waals surface area contributed by atoms with Gasteiger partial charge in [-0.15, -0.1) is 11.8 Å². The summed E-state index contributed by atoms with van der Waals surface area (Å²) in [4.78, 5) is 5.11. The molecule has 0 bridgehead atoms. The highest BCUT2D eigenvalue weighted by molar-refractivity contribution is 8.00. The number of benzene rings is 1. The van der Waals surface area contributed by atoms with Gasteiger partial charge in [-0.05, 0) is 17.7 Å². The Hall–Kier alpha value is -0.750. The summed E-state index contributed by atoms with van der Waals surface area (Å²) in [5.41, 5.74) is 0.784. The summed E-state index contributed by atoms with van der Waals surface area (Å²) in [5.74, 6) is 0.610. The minimum absolute atomic E-state index is 0.212. The first-order chi connectivity index (χ1) is 8.56. The molecule has 1 aromatic heterocycles. The monoisotopic (exact) mass is 301 g/mol. The van der Waals surface area contributed by atoms with E-state index in [2.05, 4.69) is 10.1 Å². The second-order valence-electron chi connectivity index (χ2n) is 4.06. The SMILES string of the molecule is Cn1cnc([C@@H]2Sc3cc(Cl)c(Cl)cc3[C@@H]2O)n1. The fourth-order valence-corrected chi connectivity index (χ4v) is 3.59. The maximum absolute atomic E-state index is 10.3. The quantitative estimate of drug-likeness (QED) is 0.880. The molecule has 2 aromatic rings. The zero-order chi connectivity index (χ0) is 12.9. The van der Waals surface area contributed by atoms with Crippen LogP contribution in [0.5, 0.6) is 0 Å². The number of hydrogen-bond donors (Lipinski definition) is 1. The Morgan fingerprint density at radius 2 is 2.06 bits per heavy atom. The molecular weight excluding hydrogens is 293 g/mol. The molecule has 0 amide bonds. The number of aliphatic hydroxyl groups excluding tert-OH is 1. The minimum atomic E-state index is -0.665. The van der Waals surface area contributed by atoms with E-state index in [0.29, 0.717) is 15.9 Å². The van der Waals surface area contributed by atoms with Crippen molar-refractivity contribution in [3.63, 3.8) is 0 Å². The molecule has 94 valence electrons. The summed E-state index contributed by atoms with van der Waals surface area (Å²) >= 11 is 13.4. The van der Waals surface area contributed by atoms with Crippen molar-refractivity contribution in [2.75, 3.05) is 0 Å². The first-order valence-electron chi connectivity index (χ1n) is 5.25. The molecule has 1 N–H and O–H groups in total. The molecule has 2 heterocycles. The molecule has 0 saturated heterocycles. The fraction of sp³-hybridized carbons (Fsp3) is 0.273. The van der Waals surface area contributed by atoms with Gasteiger partial charge in [0.25, 0.3) is 0 Å². The van der Waals surface area contributed by atoms with Crippen molar-refractivity contribution in [1.82, 2.24) is 14.8 Å². The van der Waals surface area contributed by atoms with E-state index < -0.39 is 6.10 Å². The van der Waals surface area contributed by atoms with Gasteiger partial charge < -0.3 is 5.11 Å². The van der Waals surface area contributed by atoms with Crippen LogP contribution < -0.4 is 0 Å². The number of aliphatic hydroxyl groups is 1. The number of halogens is 2. The Kier molecular flexibility index (Phi) is 3.02. The van der Waals surface area contributed by atoms with Gasteiger partial charge in [0, 0.05) is 11.9 Å². The third kappa shape index (κ3) is 1.91. The van der Waals surface area contributed by atoms with Gasteiger partial charge in [0.2, 0.25) is 0 Å². The zero-order valence-corrected chi connectivity index (χ0v) is 11.7. The van der Waals surface area contributed by atoms with Crippen LogP contribution in [-0.2, 0) is 7.05 Å². The van der Waals surface area contributed by atoms with Crippen LogP contribution in [0.25, 0.3) is 0 Å². The maximum atomic E-state index is 10.3. The molecule has 0 aliphatic carbocycles. The molecule has 3 rings (SSSR count). The van der Waals surface area contributed by atoms with Gasteiger partial charge >= 0.3 is 0 Å². The molecule has 18 heavy (non-hydrogen) atoms. The van der Waals surface area contributed by atoms with Gasteiger partial charge in [0.05, 0.1) is 16.1 Å². The van der Waals surface area contributed by atoms with E-state index in [-0.39, 0.29) is 5.25 Å². The van der Waals surface area contributed by atoms with Crippen molar-refractivity contribution in [3.8, 4) is 0 Å². The first kappa shape index (κ1) is 12.3. The van der Waals surface area contributed by atoms with Gasteiger partial charge in [-0.1, -0.05) is 23.2 Å². The molecule has 1 aliphatic heterocycles. The Bertz CT molecular complexity index is 616. The molecule has 0 saturated carbocycles. The average Bonchev–Trinajstić information content (AvgIpc) is 2.86. The predicted molar refractivity (Wildman–Crippen MR) is 71.0 cm³/mol. The molecule has 0 unspecified atom stereocenters. The van der Waals surface area contributed by atoms with Crippen molar-refractivity contribution in [1.29, 1.82) is 0 Å². The number of nitrogens with zero attached hydrogens (tertiary/aromatic N) is 3. The van der Waals surface area contributed by atoms with E-state index in [0.717, 1.165) is 10.5 Å². The van der Waals surface area contributed by atoms with E-state index in [1.54, 1.807) is 30.2 Å². The maximum Gasteiger partial charge on any atom is 0.166 e. The fourth-order valence-electron chi connectivity index (χ4n) is 1.92. The summed E-state index contributed by atoms with van der Waals surface area (Å²) in [6, 6.07) is 3.48. The molecule has 0 radical (unpaired) electrons. The van der Waals surface area contributed by atoms with Crippen LogP contribution in [0, 0.1) is 0 Å². The highest BCUT2D eigenvalue weighted by Crippen LogP contribution is 2.53. The van der Waals surface area contributed by atoms with Crippen molar-refractivity contribution < 1.29 is 5.11 Å². The van der Waals surface area contributed by atoms with Crippen molar-refractivity contribution in [2.24, 2.45) is 7.05 Å². The number of hydrogen-bond acceptors (Lipinski definition) is 4. The number of aryl methyl sites for hydroxylation is 1. The molecule has 0 fully saturated rings. The summed E-state index contributed by atoms with van der Waals surface area (Å²) in [5, 5.41) is 15.3. The Labute approximate surface area is 118 Å². The molecule has 2 atom stereocenters. The summed E-state index contributed by atoms with van der Waals surface area (Å²) in [7, 11) is 1.80. The third-order valence-corrected chi connectivity index (χ3v) is 4.84. The van der Waals surface area contributed by atoms with Crippen LogP contribution in [0.1, 0.15) is 22.7 Å². The average molecular weight is 302 g/mol. The van der Waals surface area contributed by atoms with Gasteiger partial charge in [-0.3, -0.25) is 4.68 Å². The lowest BCUT2D eigenvalue weighted by Gasteiger charge is -2.09. The lowest BCUT2D eigenvalue weighted by atomic mass is 10.1. The third-order valence-electron chi connectivity index (χ3n) is 2.78. The van der Waals surface area contributed by atoms with E-state index >= 15 is 0 Å². The predicted octanol–water partition coefficient (Wildman–Crippen LogP) is 3.00. The van der Waals surface area contributed by atoms with Gasteiger partial charge in [0.1, 0.15) is 11.6 Å². The van der Waals surface area contributed by atoms with Crippen molar-refractivity contribution in [2.45, 2.75) is 16.2 Å². The highest BCUT2D eigenvalue weighted by atomic mass is 35.5. The molecule has 1 aliphatic rings. The smallest absolute Gasteiger partial charge is 0.166 e.